The number of aromatic nitrogens is 4. The van der Waals surface area contributed by atoms with Gasteiger partial charge in [0.15, 0.2) is 0 Å². The van der Waals surface area contributed by atoms with E-state index < -0.39 is 11.9 Å². The average molecular weight is 464 g/mol. The molecule has 0 bridgehead atoms. The van der Waals surface area contributed by atoms with Gasteiger partial charge in [-0.1, -0.05) is 41.9 Å². The molecule has 33 heavy (non-hydrogen) atoms. The first kappa shape index (κ1) is 22.3. The van der Waals surface area contributed by atoms with Crippen molar-refractivity contribution in [1.29, 1.82) is 0 Å². The first-order valence-electron chi connectivity index (χ1n) is 10.1. The third kappa shape index (κ3) is 5.11. The van der Waals surface area contributed by atoms with Crippen LogP contribution >= 0.6 is 11.6 Å². The number of hydrogen-bond acceptors (Lipinski definition) is 7. The summed E-state index contributed by atoms with van der Waals surface area (Å²) in [5.41, 5.74) is 9.26. The van der Waals surface area contributed by atoms with Crippen molar-refractivity contribution in [3.8, 4) is 11.3 Å². The van der Waals surface area contributed by atoms with Crippen LogP contribution in [0.5, 0.6) is 0 Å². The number of carbonyl (C=O) groups excluding carboxylic acids is 1. The fraction of sp³-hybridized carbons (Fsp3) is 0.130. The third-order valence-electron chi connectivity index (χ3n) is 4.96. The highest BCUT2D eigenvalue weighted by Gasteiger charge is 2.17. The van der Waals surface area contributed by atoms with Crippen molar-refractivity contribution in [2.45, 2.75) is 13.0 Å². The van der Waals surface area contributed by atoms with Gasteiger partial charge in [0.2, 0.25) is 11.9 Å². The molecule has 2 aromatic heterocycles. The molecule has 10 heteroatoms. The second-order valence-electron chi connectivity index (χ2n) is 7.37. The number of aliphatic hydroxyl groups excluding tert-OH is 1. The topological polar surface area (TPSA) is 142 Å². The number of H-pyrrole nitrogens is 1. The van der Waals surface area contributed by atoms with Crippen molar-refractivity contribution in [2.24, 2.45) is 5.73 Å². The van der Waals surface area contributed by atoms with Crippen LogP contribution in [-0.2, 0) is 0 Å². The van der Waals surface area contributed by atoms with Gasteiger partial charge in [-0.25, -0.2) is 4.98 Å². The van der Waals surface area contributed by atoms with Gasteiger partial charge in [0, 0.05) is 17.6 Å². The summed E-state index contributed by atoms with van der Waals surface area (Å²) >= 11 is 6.15. The number of nitrogens with two attached hydrogens (primary N) is 1. The molecule has 9 nitrogen and oxygen atoms in total. The van der Waals surface area contributed by atoms with E-state index in [-0.39, 0.29) is 17.2 Å². The van der Waals surface area contributed by atoms with E-state index in [1.165, 1.54) is 6.07 Å². The Hall–Kier alpha value is -3.95. The molecule has 0 unspecified atom stereocenters. The van der Waals surface area contributed by atoms with Crippen molar-refractivity contribution in [3.63, 3.8) is 0 Å². The standard InChI is InChI=1S/C23H22ClN7O2/c1-13-9-19(31-30-13)17-11-26-23(27-15-7-8-16(21(25)33)18(24)10-15)29-22(17)28-20(12-32)14-5-3-2-4-6-14/h2-11,20,32H,12H2,1H3,(H2,25,33)(H,30,31)(H2,26,27,28,29)/t20-/m1/s1. The van der Waals surface area contributed by atoms with Crippen LogP contribution in [0.2, 0.25) is 5.02 Å². The number of hydrogen-bond donors (Lipinski definition) is 5. The summed E-state index contributed by atoms with van der Waals surface area (Å²) in [6.45, 7) is 1.76. The minimum absolute atomic E-state index is 0.139. The van der Waals surface area contributed by atoms with E-state index >= 15 is 0 Å². The number of nitrogens with zero attached hydrogens (tertiary/aromatic N) is 3. The van der Waals surface area contributed by atoms with Gasteiger partial charge in [-0.2, -0.15) is 10.1 Å². The minimum atomic E-state index is -0.608. The van der Waals surface area contributed by atoms with Crippen LogP contribution < -0.4 is 16.4 Å². The molecule has 0 aliphatic heterocycles. The molecule has 0 aliphatic rings. The molecule has 0 radical (unpaired) electrons. The number of amides is 1. The lowest BCUT2D eigenvalue weighted by molar-refractivity contribution is 0.100. The van der Waals surface area contributed by atoms with Gasteiger partial charge in [0.1, 0.15) is 5.82 Å². The van der Waals surface area contributed by atoms with Crippen LogP contribution in [0.4, 0.5) is 17.5 Å². The molecule has 0 saturated heterocycles. The smallest absolute Gasteiger partial charge is 0.250 e. The lowest BCUT2D eigenvalue weighted by Gasteiger charge is -2.19. The Morgan fingerprint density at radius 3 is 2.64 bits per heavy atom. The second-order valence-corrected chi connectivity index (χ2v) is 7.77. The van der Waals surface area contributed by atoms with Gasteiger partial charge >= 0.3 is 0 Å². The van der Waals surface area contributed by atoms with Crippen LogP contribution in [0.15, 0.2) is 60.8 Å². The number of anilines is 3. The molecular formula is C23H22ClN7O2. The molecule has 4 aromatic rings. The maximum Gasteiger partial charge on any atom is 0.250 e. The number of halogens is 1. The number of carbonyl (C=O) groups is 1. The van der Waals surface area contributed by atoms with Gasteiger partial charge in [0.25, 0.3) is 0 Å². The summed E-state index contributed by atoms with van der Waals surface area (Å²) in [5.74, 6) is 0.173. The Labute approximate surface area is 195 Å². The van der Waals surface area contributed by atoms with Gasteiger partial charge in [0.05, 0.1) is 34.5 Å². The zero-order valence-corrected chi connectivity index (χ0v) is 18.5. The molecule has 6 N–H and O–H groups in total. The predicted octanol–water partition coefficient (Wildman–Crippen LogP) is 3.82. The predicted molar refractivity (Wildman–Crippen MR) is 127 cm³/mol. The molecule has 2 aromatic carbocycles. The molecule has 0 fully saturated rings. The summed E-state index contributed by atoms with van der Waals surface area (Å²) in [6.07, 6.45) is 1.64. The summed E-state index contributed by atoms with van der Waals surface area (Å²) in [6, 6.07) is 15.8. The van der Waals surface area contributed by atoms with Crippen LogP contribution in [0, 0.1) is 6.92 Å². The van der Waals surface area contributed by atoms with Gasteiger partial charge in [-0.3, -0.25) is 9.89 Å². The SMILES string of the molecule is Cc1cc(-c2cnc(Nc3ccc(C(N)=O)c(Cl)c3)nc2N[C@H](CO)c2ccccc2)n[nH]1. The van der Waals surface area contributed by atoms with Crippen molar-refractivity contribution >= 4 is 35.0 Å². The lowest BCUT2D eigenvalue weighted by atomic mass is 10.1. The number of aliphatic hydroxyl groups is 1. The zero-order valence-electron chi connectivity index (χ0n) is 17.7. The Balaban J connectivity index is 1.69. The summed E-state index contributed by atoms with van der Waals surface area (Å²) in [4.78, 5) is 20.4. The second kappa shape index (κ2) is 9.68. The lowest BCUT2D eigenvalue weighted by Crippen LogP contribution is -2.17. The minimum Gasteiger partial charge on any atom is -0.394 e. The first-order chi connectivity index (χ1) is 15.9. The number of aryl methyl sites for hydroxylation is 1. The quantitative estimate of drug-likeness (QED) is 0.267. The highest BCUT2D eigenvalue weighted by molar-refractivity contribution is 6.34. The number of aromatic amines is 1. The van der Waals surface area contributed by atoms with E-state index in [1.54, 1.807) is 18.3 Å². The molecule has 1 atom stereocenters. The van der Waals surface area contributed by atoms with Crippen LogP contribution in [0.25, 0.3) is 11.3 Å². The Morgan fingerprint density at radius 1 is 1.21 bits per heavy atom. The Morgan fingerprint density at radius 2 is 2.00 bits per heavy atom. The largest absolute Gasteiger partial charge is 0.394 e. The average Bonchev–Trinajstić information content (AvgIpc) is 3.24. The van der Waals surface area contributed by atoms with Crippen LogP contribution in [0.3, 0.4) is 0 Å². The molecule has 1 amide bonds. The molecular weight excluding hydrogens is 442 g/mol. The highest BCUT2D eigenvalue weighted by Crippen LogP contribution is 2.30. The van der Waals surface area contributed by atoms with Gasteiger partial charge < -0.3 is 21.5 Å². The maximum atomic E-state index is 11.4. The fourth-order valence-corrected chi connectivity index (χ4v) is 3.58. The number of primary amides is 1. The summed E-state index contributed by atoms with van der Waals surface area (Å²) in [7, 11) is 0. The molecule has 4 rings (SSSR count). The fourth-order valence-electron chi connectivity index (χ4n) is 3.30. The van der Waals surface area contributed by atoms with E-state index in [4.69, 9.17) is 17.3 Å². The highest BCUT2D eigenvalue weighted by atomic mass is 35.5. The maximum absolute atomic E-state index is 11.4. The van der Waals surface area contributed by atoms with Crippen molar-refractivity contribution in [1.82, 2.24) is 20.2 Å². The number of benzene rings is 2. The van der Waals surface area contributed by atoms with E-state index in [2.05, 4.69) is 30.8 Å². The van der Waals surface area contributed by atoms with Crippen LogP contribution in [0.1, 0.15) is 27.7 Å². The molecule has 2 heterocycles. The molecule has 168 valence electrons. The van der Waals surface area contributed by atoms with Crippen molar-refractivity contribution in [2.75, 3.05) is 17.2 Å². The number of rotatable bonds is 8. The normalized spacial score (nSPS) is 11.7. The number of nitrogens with one attached hydrogen (secondary N) is 3. The van der Waals surface area contributed by atoms with Crippen molar-refractivity contribution < 1.29 is 9.90 Å². The van der Waals surface area contributed by atoms with E-state index in [0.29, 0.717) is 28.7 Å². The monoisotopic (exact) mass is 463 g/mol. The van der Waals surface area contributed by atoms with Crippen molar-refractivity contribution in [3.05, 3.63) is 82.6 Å². The van der Waals surface area contributed by atoms with Crippen LogP contribution in [-0.4, -0.2) is 37.8 Å². The van der Waals surface area contributed by atoms with Gasteiger partial charge in [-0.15, -0.1) is 0 Å². The van der Waals surface area contributed by atoms with E-state index in [1.807, 2.05) is 43.3 Å². The summed E-state index contributed by atoms with van der Waals surface area (Å²) in [5, 5.41) is 23.8. The van der Waals surface area contributed by atoms with E-state index in [9.17, 15) is 9.90 Å². The summed E-state index contributed by atoms with van der Waals surface area (Å²) < 4.78 is 0. The molecule has 0 saturated carbocycles. The first-order valence-corrected chi connectivity index (χ1v) is 10.5. The van der Waals surface area contributed by atoms with E-state index in [0.717, 1.165) is 11.3 Å². The third-order valence-corrected chi connectivity index (χ3v) is 5.27. The zero-order chi connectivity index (χ0) is 23.4. The molecule has 0 aliphatic carbocycles. The molecule has 0 spiro atoms. The Kier molecular flexibility index (Phi) is 6.53. The van der Waals surface area contributed by atoms with Gasteiger partial charge in [-0.05, 0) is 36.8 Å². The Bertz CT molecular complexity index is 1280.